The molecule has 0 saturated heterocycles. The van der Waals surface area contributed by atoms with E-state index in [0.29, 0.717) is 22.2 Å². The molecule has 3 rings (SSSR count). The van der Waals surface area contributed by atoms with Gasteiger partial charge in [0.15, 0.2) is 0 Å². The van der Waals surface area contributed by atoms with Crippen LogP contribution in [0.3, 0.4) is 0 Å². The van der Waals surface area contributed by atoms with Crippen molar-refractivity contribution in [2.75, 3.05) is 0 Å². The Hall–Kier alpha value is -3.22. The highest BCUT2D eigenvalue weighted by atomic mass is 16.6. The number of hydrogen-bond donors (Lipinski definition) is 0. The van der Waals surface area contributed by atoms with Crippen molar-refractivity contribution in [1.29, 1.82) is 0 Å². The van der Waals surface area contributed by atoms with E-state index in [9.17, 15) is 14.9 Å². The number of carbonyl (C=O) groups excluding carboxylic acids is 1. The molecule has 0 aliphatic rings. The number of ether oxygens (including phenoxy) is 1. The Labute approximate surface area is 156 Å². The van der Waals surface area contributed by atoms with Crippen LogP contribution in [-0.4, -0.2) is 26.5 Å². The van der Waals surface area contributed by atoms with E-state index in [1.807, 2.05) is 30.5 Å². The van der Waals surface area contributed by atoms with Crippen LogP contribution in [0.15, 0.2) is 42.7 Å². The molecule has 0 aliphatic heterocycles. The molecule has 140 valence electrons. The maximum Gasteiger partial charge on any atom is 0.338 e. The van der Waals surface area contributed by atoms with Crippen LogP contribution in [-0.2, 0) is 4.74 Å². The molecular formula is C20H21N3O4. The van der Waals surface area contributed by atoms with Crippen LogP contribution in [0.1, 0.15) is 44.1 Å². The van der Waals surface area contributed by atoms with Crippen LogP contribution < -0.4 is 0 Å². The first kappa shape index (κ1) is 18.6. The summed E-state index contributed by atoms with van der Waals surface area (Å²) in [4.78, 5) is 27.5. The molecule has 2 heterocycles. The van der Waals surface area contributed by atoms with E-state index < -0.39 is 5.97 Å². The number of nitro groups is 1. The number of carbonyl (C=O) groups is 1. The standard InChI is InChI=1S/C20H21N3O4/c1-12(2)22-11-19(23(25)26)16-9-14(5-6-18(16)22)17-10-15(7-8-21-17)20(24)27-13(3)4/h5-13H,1-4H3. The number of nitrogens with zero attached hydrogens (tertiary/aromatic N) is 3. The zero-order valence-electron chi connectivity index (χ0n) is 15.7. The van der Waals surface area contributed by atoms with Gasteiger partial charge >= 0.3 is 5.97 Å². The van der Waals surface area contributed by atoms with Gasteiger partial charge in [0.2, 0.25) is 0 Å². The van der Waals surface area contributed by atoms with Crippen molar-refractivity contribution < 1.29 is 14.5 Å². The minimum Gasteiger partial charge on any atom is -0.459 e. The van der Waals surface area contributed by atoms with Crippen molar-refractivity contribution >= 4 is 22.6 Å². The lowest BCUT2D eigenvalue weighted by Gasteiger charge is -2.10. The van der Waals surface area contributed by atoms with Gasteiger partial charge in [0, 0.05) is 17.8 Å². The maximum atomic E-state index is 12.1. The summed E-state index contributed by atoms with van der Waals surface area (Å²) in [5.41, 5.74) is 2.49. The Bertz CT molecular complexity index is 1020. The minimum absolute atomic E-state index is 0.0518. The van der Waals surface area contributed by atoms with E-state index in [4.69, 9.17) is 4.74 Å². The zero-order chi connectivity index (χ0) is 19.7. The number of pyridine rings is 1. The van der Waals surface area contributed by atoms with Gasteiger partial charge in [-0.05, 0) is 52.0 Å². The molecule has 0 N–H and O–H groups in total. The summed E-state index contributed by atoms with van der Waals surface area (Å²) >= 11 is 0. The predicted octanol–water partition coefficient (Wildman–Crippen LogP) is 4.76. The molecule has 7 heteroatoms. The monoisotopic (exact) mass is 367 g/mol. The van der Waals surface area contributed by atoms with Crippen LogP contribution in [0.5, 0.6) is 0 Å². The number of rotatable bonds is 5. The van der Waals surface area contributed by atoms with Gasteiger partial charge in [0.05, 0.1) is 39.4 Å². The topological polar surface area (TPSA) is 87.3 Å². The van der Waals surface area contributed by atoms with E-state index in [2.05, 4.69) is 4.98 Å². The Balaban J connectivity index is 2.09. The third-order valence-electron chi connectivity index (χ3n) is 4.20. The highest BCUT2D eigenvalue weighted by molar-refractivity contribution is 5.94. The molecule has 0 spiro atoms. The van der Waals surface area contributed by atoms with Gasteiger partial charge < -0.3 is 9.30 Å². The Kier molecular flexibility index (Phi) is 4.94. The van der Waals surface area contributed by atoms with Crippen LogP contribution in [0.2, 0.25) is 0 Å². The molecule has 3 aromatic rings. The molecule has 27 heavy (non-hydrogen) atoms. The van der Waals surface area contributed by atoms with Crippen molar-refractivity contribution in [2.45, 2.75) is 39.8 Å². The summed E-state index contributed by atoms with van der Waals surface area (Å²) < 4.78 is 7.09. The number of aromatic nitrogens is 2. The molecule has 0 saturated carbocycles. The molecule has 0 fully saturated rings. The van der Waals surface area contributed by atoms with E-state index in [1.54, 1.807) is 38.2 Å². The number of benzene rings is 1. The smallest absolute Gasteiger partial charge is 0.338 e. The fourth-order valence-corrected chi connectivity index (χ4v) is 2.97. The van der Waals surface area contributed by atoms with Gasteiger partial charge in [-0.2, -0.15) is 0 Å². The lowest BCUT2D eigenvalue weighted by atomic mass is 10.1. The second-order valence-electron chi connectivity index (χ2n) is 6.89. The summed E-state index contributed by atoms with van der Waals surface area (Å²) in [6, 6.07) is 8.76. The lowest BCUT2D eigenvalue weighted by Crippen LogP contribution is -2.11. The van der Waals surface area contributed by atoms with Crippen molar-refractivity contribution in [3.8, 4) is 11.3 Å². The van der Waals surface area contributed by atoms with E-state index in [1.165, 1.54) is 6.20 Å². The van der Waals surface area contributed by atoms with Crippen LogP contribution >= 0.6 is 0 Å². The van der Waals surface area contributed by atoms with Crippen molar-refractivity contribution in [3.05, 3.63) is 58.4 Å². The van der Waals surface area contributed by atoms with E-state index >= 15 is 0 Å². The first-order valence-electron chi connectivity index (χ1n) is 8.74. The fourth-order valence-electron chi connectivity index (χ4n) is 2.97. The first-order chi connectivity index (χ1) is 12.8. The molecule has 0 amide bonds. The van der Waals surface area contributed by atoms with Crippen LogP contribution in [0.4, 0.5) is 5.69 Å². The molecule has 1 aromatic carbocycles. The van der Waals surface area contributed by atoms with Gasteiger partial charge in [0.1, 0.15) is 0 Å². The molecule has 7 nitrogen and oxygen atoms in total. The predicted molar refractivity (Wildman–Crippen MR) is 103 cm³/mol. The third kappa shape index (κ3) is 3.67. The summed E-state index contributed by atoms with van der Waals surface area (Å²) in [5.74, 6) is -0.424. The quantitative estimate of drug-likeness (QED) is 0.369. The largest absolute Gasteiger partial charge is 0.459 e. The SMILES string of the molecule is CC(C)OC(=O)c1ccnc(-c2ccc3c(c2)c([N+](=O)[O-])cn3C(C)C)c1. The second kappa shape index (κ2) is 7.19. The highest BCUT2D eigenvalue weighted by Crippen LogP contribution is 2.33. The Morgan fingerprint density at radius 1 is 1.19 bits per heavy atom. The van der Waals surface area contributed by atoms with Crippen LogP contribution in [0.25, 0.3) is 22.2 Å². The molecule has 0 aliphatic carbocycles. The number of esters is 1. The normalized spacial score (nSPS) is 11.3. The minimum atomic E-state index is -0.424. The molecule has 0 bridgehead atoms. The Morgan fingerprint density at radius 3 is 2.56 bits per heavy atom. The van der Waals surface area contributed by atoms with Crippen molar-refractivity contribution in [3.63, 3.8) is 0 Å². The lowest BCUT2D eigenvalue weighted by molar-refractivity contribution is -0.383. The molecule has 0 atom stereocenters. The van der Waals surface area contributed by atoms with Gasteiger partial charge in [-0.1, -0.05) is 6.07 Å². The summed E-state index contributed by atoms with van der Waals surface area (Å²) in [5, 5.41) is 12.0. The van der Waals surface area contributed by atoms with Gasteiger partial charge in [-0.15, -0.1) is 0 Å². The average Bonchev–Trinajstić information content (AvgIpc) is 3.00. The average molecular weight is 367 g/mol. The summed E-state index contributed by atoms with van der Waals surface area (Å²) in [6.07, 6.45) is 2.87. The van der Waals surface area contributed by atoms with E-state index in [-0.39, 0.29) is 22.8 Å². The molecule has 0 radical (unpaired) electrons. The van der Waals surface area contributed by atoms with Gasteiger partial charge in [-0.25, -0.2) is 4.79 Å². The molecular weight excluding hydrogens is 346 g/mol. The maximum absolute atomic E-state index is 12.1. The highest BCUT2D eigenvalue weighted by Gasteiger charge is 2.20. The van der Waals surface area contributed by atoms with Crippen molar-refractivity contribution in [1.82, 2.24) is 9.55 Å². The summed E-state index contributed by atoms with van der Waals surface area (Å²) in [6.45, 7) is 7.52. The van der Waals surface area contributed by atoms with Gasteiger partial charge in [0.25, 0.3) is 5.69 Å². The van der Waals surface area contributed by atoms with Crippen molar-refractivity contribution in [2.24, 2.45) is 0 Å². The molecule has 2 aromatic heterocycles. The number of hydrogen-bond acceptors (Lipinski definition) is 5. The van der Waals surface area contributed by atoms with E-state index in [0.717, 1.165) is 5.52 Å². The summed E-state index contributed by atoms with van der Waals surface area (Å²) in [7, 11) is 0. The molecule has 0 unspecified atom stereocenters. The Morgan fingerprint density at radius 2 is 1.93 bits per heavy atom. The number of fused-ring (bicyclic) bond motifs is 1. The fraction of sp³-hybridized carbons (Fsp3) is 0.300. The zero-order valence-corrected chi connectivity index (χ0v) is 15.7. The van der Waals surface area contributed by atoms with Gasteiger partial charge in [-0.3, -0.25) is 15.1 Å². The second-order valence-corrected chi connectivity index (χ2v) is 6.89. The third-order valence-corrected chi connectivity index (χ3v) is 4.20. The first-order valence-corrected chi connectivity index (χ1v) is 8.74. The van der Waals surface area contributed by atoms with Crippen LogP contribution in [0, 0.1) is 10.1 Å².